The van der Waals surface area contributed by atoms with Gasteiger partial charge < -0.3 is 15.4 Å². The third-order valence-electron chi connectivity index (χ3n) is 4.66. The molecule has 2 rings (SSSR count). The molecule has 4 nitrogen and oxygen atoms in total. The van der Waals surface area contributed by atoms with E-state index in [1.165, 1.54) is 16.7 Å². The summed E-state index contributed by atoms with van der Waals surface area (Å²) < 4.78 is 5.55. The second kappa shape index (κ2) is 8.06. The van der Waals surface area contributed by atoms with E-state index in [1.54, 1.807) is 0 Å². The molecule has 0 unspecified atom stereocenters. The number of hydrogen-bond acceptors (Lipinski definition) is 3. The molecule has 5 heteroatoms. The van der Waals surface area contributed by atoms with E-state index in [9.17, 15) is 4.79 Å². The molecule has 1 atom stereocenters. The van der Waals surface area contributed by atoms with Gasteiger partial charge in [0, 0.05) is 24.5 Å². The van der Waals surface area contributed by atoms with Crippen molar-refractivity contribution in [2.45, 2.75) is 44.4 Å². The van der Waals surface area contributed by atoms with E-state index in [0.717, 1.165) is 26.1 Å². The molecule has 0 radical (unpaired) electrons. The lowest BCUT2D eigenvalue weighted by Gasteiger charge is -2.35. The summed E-state index contributed by atoms with van der Waals surface area (Å²) in [5.74, 6) is 0. The molecule has 0 spiro atoms. The van der Waals surface area contributed by atoms with E-state index in [2.05, 4.69) is 48.9 Å². The Morgan fingerprint density at radius 1 is 1.35 bits per heavy atom. The van der Waals surface area contributed by atoms with Crippen LogP contribution in [0.2, 0.25) is 0 Å². The minimum absolute atomic E-state index is 0.00480. The van der Waals surface area contributed by atoms with E-state index in [1.807, 2.05) is 18.7 Å². The summed E-state index contributed by atoms with van der Waals surface area (Å²) in [5, 5.41) is 6.11. The van der Waals surface area contributed by atoms with Gasteiger partial charge in [-0.3, -0.25) is 0 Å². The summed E-state index contributed by atoms with van der Waals surface area (Å²) in [6.07, 6.45) is 4.09. The maximum atomic E-state index is 12.3. The second-order valence-electron chi connectivity index (χ2n) is 6.41. The minimum Gasteiger partial charge on any atom is -0.381 e. The molecule has 1 heterocycles. The first-order chi connectivity index (χ1) is 11.0. The van der Waals surface area contributed by atoms with Crippen molar-refractivity contribution in [3.8, 4) is 0 Å². The first kappa shape index (κ1) is 18.1. The van der Waals surface area contributed by atoms with Gasteiger partial charge in [0.2, 0.25) is 0 Å². The minimum atomic E-state index is -0.0988. The van der Waals surface area contributed by atoms with Gasteiger partial charge in [0.1, 0.15) is 0 Å². The highest BCUT2D eigenvalue weighted by Crippen LogP contribution is 2.33. The predicted molar refractivity (Wildman–Crippen MR) is 97.2 cm³/mol. The number of urea groups is 1. The van der Waals surface area contributed by atoms with Crippen LogP contribution in [-0.2, 0) is 4.74 Å². The molecule has 0 aromatic heterocycles. The standard InChI is InChI=1S/C18H28N2O2S/c1-13-5-6-14(2)16(11-13)15(3)20-17(21)19-12-18(23-4)7-9-22-10-8-18/h5-6,11,15H,7-10,12H2,1-4H3,(H2,19,20,21)/t15-/m1/s1. The lowest BCUT2D eigenvalue weighted by Crippen LogP contribution is -2.47. The van der Waals surface area contributed by atoms with Crippen molar-refractivity contribution in [1.29, 1.82) is 0 Å². The van der Waals surface area contributed by atoms with Crippen LogP contribution in [0.4, 0.5) is 4.79 Å². The number of thioether (sulfide) groups is 1. The van der Waals surface area contributed by atoms with Crippen LogP contribution >= 0.6 is 11.8 Å². The SMILES string of the molecule is CSC1(CNC(=O)N[C@H](C)c2cc(C)ccc2C)CCOCC1. The van der Waals surface area contributed by atoms with Gasteiger partial charge in [-0.05, 0) is 51.0 Å². The summed E-state index contributed by atoms with van der Waals surface area (Å²) in [6.45, 7) is 8.42. The number of amides is 2. The van der Waals surface area contributed by atoms with Crippen molar-refractivity contribution in [1.82, 2.24) is 10.6 Å². The van der Waals surface area contributed by atoms with Crippen LogP contribution in [0, 0.1) is 13.8 Å². The molecule has 0 saturated carbocycles. The number of carbonyl (C=O) groups is 1. The Morgan fingerprint density at radius 3 is 2.70 bits per heavy atom. The number of hydrogen-bond donors (Lipinski definition) is 2. The monoisotopic (exact) mass is 336 g/mol. The van der Waals surface area contributed by atoms with Gasteiger partial charge in [0.25, 0.3) is 0 Å². The van der Waals surface area contributed by atoms with Crippen LogP contribution in [0.15, 0.2) is 18.2 Å². The van der Waals surface area contributed by atoms with Gasteiger partial charge >= 0.3 is 6.03 Å². The van der Waals surface area contributed by atoms with Crippen molar-refractivity contribution in [3.63, 3.8) is 0 Å². The largest absolute Gasteiger partial charge is 0.381 e. The summed E-state index contributed by atoms with van der Waals surface area (Å²) in [5.41, 5.74) is 3.59. The Kier molecular flexibility index (Phi) is 6.36. The third kappa shape index (κ3) is 4.88. The molecule has 2 N–H and O–H groups in total. The summed E-state index contributed by atoms with van der Waals surface area (Å²) >= 11 is 1.83. The maximum absolute atomic E-state index is 12.3. The number of carbonyl (C=O) groups excluding carboxylic acids is 1. The molecule has 128 valence electrons. The zero-order chi connectivity index (χ0) is 16.9. The third-order valence-corrected chi connectivity index (χ3v) is 6.08. The van der Waals surface area contributed by atoms with E-state index in [4.69, 9.17) is 4.74 Å². The summed E-state index contributed by atoms with van der Waals surface area (Å²) in [4.78, 5) is 12.3. The van der Waals surface area contributed by atoms with Crippen LogP contribution in [0.3, 0.4) is 0 Å². The fourth-order valence-electron chi connectivity index (χ4n) is 2.99. The number of rotatable bonds is 5. The van der Waals surface area contributed by atoms with Crippen molar-refractivity contribution in [3.05, 3.63) is 34.9 Å². The van der Waals surface area contributed by atoms with Gasteiger partial charge in [0.05, 0.1) is 6.04 Å². The highest BCUT2D eigenvalue weighted by molar-refractivity contribution is 8.00. The Morgan fingerprint density at radius 2 is 2.04 bits per heavy atom. The summed E-state index contributed by atoms with van der Waals surface area (Å²) in [6, 6.07) is 6.24. The van der Waals surface area contributed by atoms with Crippen LogP contribution in [0.1, 0.15) is 42.5 Å². The molecule has 1 aromatic rings. The fourth-order valence-corrected chi connectivity index (χ4v) is 3.78. The zero-order valence-electron chi connectivity index (χ0n) is 14.6. The topological polar surface area (TPSA) is 50.4 Å². The van der Waals surface area contributed by atoms with E-state index in [-0.39, 0.29) is 16.8 Å². The van der Waals surface area contributed by atoms with Crippen LogP contribution < -0.4 is 10.6 Å². The number of nitrogens with one attached hydrogen (secondary N) is 2. The van der Waals surface area contributed by atoms with E-state index < -0.39 is 0 Å². The fraction of sp³-hybridized carbons (Fsp3) is 0.611. The summed E-state index contributed by atoms with van der Waals surface area (Å²) in [7, 11) is 0. The molecular formula is C18H28N2O2S. The van der Waals surface area contributed by atoms with Crippen LogP contribution in [-0.4, -0.2) is 36.8 Å². The average Bonchev–Trinajstić information content (AvgIpc) is 2.56. The van der Waals surface area contributed by atoms with Crippen molar-refractivity contribution >= 4 is 17.8 Å². The Hall–Kier alpha value is -1.20. The lowest BCUT2D eigenvalue weighted by atomic mass is 9.99. The Bertz CT molecular complexity index is 542. The van der Waals surface area contributed by atoms with Crippen LogP contribution in [0.25, 0.3) is 0 Å². The van der Waals surface area contributed by atoms with Gasteiger partial charge in [-0.15, -0.1) is 0 Å². The maximum Gasteiger partial charge on any atom is 0.315 e. The number of ether oxygens (including phenoxy) is 1. The smallest absolute Gasteiger partial charge is 0.315 e. The van der Waals surface area contributed by atoms with Crippen LogP contribution in [0.5, 0.6) is 0 Å². The lowest BCUT2D eigenvalue weighted by molar-refractivity contribution is 0.0777. The van der Waals surface area contributed by atoms with E-state index >= 15 is 0 Å². The first-order valence-electron chi connectivity index (χ1n) is 8.20. The van der Waals surface area contributed by atoms with Gasteiger partial charge in [0.15, 0.2) is 0 Å². The average molecular weight is 337 g/mol. The van der Waals surface area contributed by atoms with Crippen molar-refractivity contribution in [2.24, 2.45) is 0 Å². The Balaban J connectivity index is 1.90. The van der Waals surface area contributed by atoms with Crippen molar-refractivity contribution in [2.75, 3.05) is 26.0 Å². The molecule has 0 aliphatic carbocycles. The van der Waals surface area contributed by atoms with Gasteiger partial charge in [-0.2, -0.15) is 11.8 Å². The quantitative estimate of drug-likeness (QED) is 0.864. The normalized spacial score (nSPS) is 18.3. The molecule has 1 aliphatic heterocycles. The zero-order valence-corrected chi connectivity index (χ0v) is 15.4. The molecule has 1 aromatic carbocycles. The molecule has 0 bridgehead atoms. The first-order valence-corrected chi connectivity index (χ1v) is 9.43. The molecule has 1 fully saturated rings. The molecular weight excluding hydrogens is 308 g/mol. The van der Waals surface area contributed by atoms with Crippen molar-refractivity contribution < 1.29 is 9.53 Å². The highest BCUT2D eigenvalue weighted by atomic mass is 32.2. The molecule has 1 aliphatic rings. The molecule has 2 amide bonds. The molecule has 1 saturated heterocycles. The predicted octanol–water partition coefficient (Wildman–Crippen LogP) is 3.58. The van der Waals surface area contributed by atoms with E-state index in [0.29, 0.717) is 6.54 Å². The highest BCUT2D eigenvalue weighted by Gasteiger charge is 2.32. The number of benzene rings is 1. The van der Waals surface area contributed by atoms with Gasteiger partial charge in [-0.1, -0.05) is 23.8 Å². The van der Waals surface area contributed by atoms with Gasteiger partial charge in [-0.25, -0.2) is 4.79 Å². The molecule has 23 heavy (non-hydrogen) atoms. The second-order valence-corrected chi connectivity index (χ2v) is 7.68. The number of aryl methyl sites for hydroxylation is 2. The Labute approximate surface area is 143 Å².